The second-order valence-corrected chi connectivity index (χ2v) is 3.36. The maximum absolute atomic E-state index is 10.7. The molecule has 0 N–H and O–H groups in total. The van der Waals surface area contributed by atoms with E-state index in [1.54, 1.807) is 6.92 Å². The highest BCUT2D eigenvalue weighted by Crippen LogP contribution is 2.21. The van der Waals surface area contributed by atoms with Crippen molar-refractivity contribution >= 4 is 5.78 Å². The van der Waals surface area contributed by atoms with E-state index in [1.165, 1.54) is 5.57 Å². The molecule has 0 aromatic heterocycles. The molecule has 0 aliphatic heterocycles. The summed E-state index contributed by atoms with van der Waals surface area (Å²) < 4.78 is 0. The van der Waals surface area contributed by atoms with Gasteiger partial charge in [-0.25, -0.2) is 0 Å². The van der Waals surface area contributed by atoms with Crippen molar-refractivity contribution in [2.45, 2.75) is 46.5 Å². The van der Waals surface area contributed by atoms with Gasteiger partial charge in [-0.1, -0.05) is 26.0 Å². The van der Waals surface area contributed by atoms with Crippen LogP contribution in [0.15, 0.2) is 12.2 Å². The average molecular weight is 168 g/mol. The average Bonchev–Trinajstić information content (AvgIpc) is 2.04. The van der Waals surface area contributed by atoms with Gasteiger partial charge in [0.1, 0.15) is 5.78 Å². The van der Waals surface area contributed by atoms with Gasteiger partial charge in [-0.05, 0) is 32.1 Å². The molecule has 0 radical (unpaired) electrons. The lowest BCUT2D eigenvalue weighted by molar-refractivity contribution is -0.117. The zero-order valence-electron chi connectivity index (χ0n) is 8.52. The smallest absolute Gasteiger partial charge is 0.129 e. The van der Waals surface area contributed by atoms with Crippen molar-refractivity contribution in [1.82, 2.24) is 0 Å². The molecular formula is C11H20O. The predicted molar refractivity (Wildman–Crippen MR) is 53.1 cm³/mol. The fourth-order valence-electron chi connectivity index (χ4n) is 1.36. The minimum atomic E-state index is 0.289. The van der Waals surface area contributed by atoms with Crippen molar-refractivity contribution in [3.63, 3.8) is 0 Å². The topological polar surface area (TPSA) is 17.1 Å². The summed E-state index contributed by atoms with van der Waals surface area (Å²) in [6.07, 6.45) is 3.84. The monoisotopic (exact) mass is 168 g/mol. The summed E-state index contributed by atoms with van der Waals surface area (Å²) in [5.74, 6) is 0.844. The molecule has 0 saturated heterocycles. The molecule has 0 bridgehead atoms. The molecule has 1 unspecified atom stereocenters. The van der Waals surface area contributed by atoms with Crippen molar-refractivity contribution in [2.75, 3.05) is 0 Å². The molecule has 0 rings (SSSR count). The fourth-order valence-corrected chi connectivity index (χ4v) is 1.36. The summed E-state index contributed by atoms with van der Waals surface area (Å²) in [5, 5.41) is 0. The second kappa shape index (κ2) is 5.99. The van der Waals surface area contributed by atoms with Gasteiger partial charge in [0.25, 0.3) is 0 Å². The van der Waals surface area contributed by atoms with E-state index in [9.17, 15) is 4.79 Å². The number of carbonyl (C=O) groups is 1. The van der Waals surface area contributed by atoms with E-state index in [2.05, 4.69) is 20.4 Å². The summed E-state index contributed by atoms with van der Waals surface area (Å²) in [7, 11) is 0. The Kier molecular flexibility index (Phi) is 5.69. The van der Waals surface area contributed by atoms with Crippen LogP contribution in [-0.4, -0.2) is 5.78 Å². The van der Waals surface area contributed by atoms with Gasteiger partial charge in [-0.3, -0.25) is 0 Å². The Morgan fingerprint density at radius 3 is 2.33 bits per heavy atom. The Balaban J connectivity index is 3.83. The maximum Gasteiger partial charge on any atom is 0.129 e. The van der Waals surface area contributed by atoms with Crippen LogP contribution in [0.1, 0.15) is 46.5 Å². The van der Waals surface area contributed by atoms with Gasteiger partial charge >= 0.3 is 0 Å². The van der Waals surface area contributed by atoms with Crippen LogP contribution >= 0.6 is 0 Å². The van der Waals surface area contributed by atoms with E-state index in [0.29, 0.717) is 12.3 Å². The highest BCUT2D eigenvalue weighted by molar-refractivity contribution is 5.75. The molecule has 0 aliphatic carbocycles. The molecule has 1 atom stereocenters. The molecule has 70 valence electrons. The molecule has 0 spiro atoms. The number of rotatable bonds is 6. The summed E-state index contributed by atoms with van der Waals surface area (Å²) in [6.45, 7) is 9.95. The van der Waals surface area contributed by atoms with Gasteiger partial charge in [0.05, 0.1) is 0 Å². The Morgan fingerprint density at radius 2 is 2.00 bits per heavy atom. The highest BCUT2D eigenvalue weighted by Gasteiger charge is 2.09. The van der Waals surface area contributed by atoms with Crippen LogP contribution in [-0.2, 0) is 4.79 Å². The standard InChI is InChI=1S/C11H20O/c1-5-9(3)11(6-2)8-7-10(4)12/h11H,3,5-8H2,1-2,4H3. The first-order valence-corrected chi connectivity index (χ1v) is 4.78. The highest BCUT2D eigenvalue weighted by atomic mass is 16.1. The minimum absolute atomic E-state index is 0.289. The van der Waals surface area contributed by atoms with Crippen molar-refractivity contribution in [3.8, 4) is 0 Å². The van der Waals surface area contributed by atoms with E-state index in [-0.39, 0.29) is 5.78 Å². The van der Waals surface area contributed by atoms with Crippen molar-refractivity contribution in [1.29, 1.82) is 0 Å². The van der Waals surface area contributed by atoms with Crippen LogP contribution in [0.5, 0.6) is 0 Å². The van der Waals surface area contributed by atoms with Crippen LogP contribution in [0.3, 0.4) is 0 Å². The summed E-state index contributed by atoms with van der Waals surface area (Å²) >= 11 is 0. The number of allylic oxidation sites excluding steroid dienone is 1. The number of Topliss-reactive ketones (excluding diaryl/α,β-unsaturated/α-hetero) is 1. The van der Waals surface area contributed by atoms with E-state index in [4.69, 9.17) is 0 Å². The molecule has 12 heavy (non-hydrogen) atoms. The molecule has 0 heterocycles. The SMILES string of the molecule is C=C(CC)C(CC)CCC(C)=O. The normalized spacial score (nSPS) is 12.6. The van der Waals surface area contributed by atoms with E-state index < -0.39 is 0 Å². The molecule has 0 aliphatic rings. The molecule has 0 amide bonds. The van der Waals surface area contributed by atoms with Gasteiger partial charge in [0.2, 0.25) is 0 Å². The molecule has 0 fully saturated rings. The fraction of sp³-hybridized carbons (Fsp3) is 0.727. The zero-order valence-corrected chi connectivity index (χ0v) is 8.52. The van der Waals surface area contributed by atoms with Crippen molar-refractivity contribution < 1.29 is 4.79 Å². The van der Waals surface area contributed by atoms with Gasteiger partial charge in [-0.15, -0.1) is 0 Å². The van der Waals surface area contributed by atoms with E-state index in [1.807, 2.05) is 0 Å². The van der Waals surface area contributed by atoms with Crippen LogP contribution in [0.25, 0.3) is 0 Å². The van der Waals surface area contributed by atoms with Gasteiger partial charge in [0.15, 0.2) is 0 Å². The zero-order chi connectivity index (χ0) is 9.56. The quantitative estimate of drug-likeness (QED) is 0.556. The lowest BCUT2D eigenvalue weighted by Gasteiger charge is -2.15. The molecule has 0 saturated carbocycles. The molecule has 1 nitrogen and oxygen atoms in total. The van der Waals surface area contributed by atoms with Crippen LogP contribution in [0, 0.1) is 5.92 Å². The number of carbonyl (C=O) groups excluding carboxylic acids is 1. The van der Waals surface area contributed by atoms with Crippen LogP contribution < -0.4 is 0 Å². The van der Waals surface area contributed by atoms with Gasteiger partial charge in [0, 0.05) is 6.42 Å². The summed E-state index contributed by atoms with van der Waals surface area (Å²) in [6, 6.07) is 0. The molecule has 0 aromatic rings. The first-order chi connectivity index (χ1) is 5.61. The third-order valence-corrected chi connectivity index (χ3v) is 2.37. The first kappa shape index (κ1) is 11.4. The summed E-state index contributed by atoms with van der Waals surface area (Å²) in [5.41, 5.74) is 1.29. The summed E-state index contributed by atoms with van der Waals surface area (Å²) in [4.78, 5) is 10.7. The largest absolute Gasteiger partial charge is 0.300 e. The van der Waals surface area contributed by atoms with E-state index in [0.717, 1.165) is 19.3 Å². The minimum Gasteiger partial charge on any atom is -0.300 e. The number of ketones is 1. The molecule has 1 heteroatoms. The number of hydrogen-bond donors (Lipinski definition) is 0. The van der Waals surface area contributed by atoms with Crippen molar-refractivity contribution in [2.24, 2.45) is 5.92 Å². The van der Waals surface area contributed by atoms with Crippen LogP contribution in [0.2, 0.25) is 0 Å². The Hall–Kier alpha value is -0.590. The predicted octanol–water partition coefficient (Wildman–Crippen LogP) is 3.35. The third kappa shape index (κ3) is 4.32. The lowest BCUT2D eigenvalue weighted by Crippen LogP contribution is -2.04. The van der Waals surface area contributed by atoms with E-state index >= 15 is 0 Å². The molecular weight excluding hydrogens is 148 g/mol. The van der Waals surface area contributed by atoms with Crippen LogP contribution in [0.4, 0.5) is 0 Å². The third-order valence-electron chi connectivity index (χ3n) is 2.37. The Labute approximate surface area is 75.9 Å². The number of hydrogen-bond acceptors (Lipinski definition) is 1. The van der Waals surface area contributed by atoms with Crippen molar-refractivity contribution in [3.05, 3.63) is 12.2 Å². The molecule has 0 aromatic carbocycles. The Morgan fingerprint density at radius 1 is 1.42 bits per heavy atom. The maximum atomic E-state index is 10.7. The Bertz CT molecular complexity index is 158. The van der Waals surface area contributed by atoms with Gasteiger partial charge < -0.3 is 4.79 Å². The van der Waals surface area contributed by atoms with Gasteiger partial charge in [-0.2, -0.15) is 0 Å². The second-order valence-electron chi connectivity index (χ2n) is 3.36. The first-order valence-electron chi connectivity index (χ1n) is 4.78. The lowest BCUT2D eigenvalue weighted by atomic mass is 9.90.